The van der Waals surface area contributed by atoms with Gasteiger partial charge in [-0.3, -0.25) is 4.90 Å². The summed E-state index contributed by atoms with van der Waals surface area (Å²) < 4.78 is 1.10. The van der Waals surface area contributed by atoms with Gasteiger partial charge in [-0.15, -0.1) is 0 Å². The highest BCUT2D eigenvalue weighted by Gasteiger charge is 2.38. The number of para-hydroxylation sites is 1. The number of halogens is 1. The molecular formula is C14H16BrN3. The van der Waals surface area contributed by atoms with Crippen LogP contribution in [0.25, 0.3) is 0 Å². The van der Waals surface area contributed by atoms with E-state index in [0.717, 1.165) is 29.3 Å². The van der Waals surface area contributed by atoms with E-state index >= 15 is 0 Å². The van der Waals surface area contributed by atoms with Gasteiger partial charge in [0.15, 0.2) is 0 Å². The topological polar surface area (TPSA) is 41.3 Å². The van der Waals surface area contributed by atoms with Crippen LogP contribution in [0.4, 0.5) is 5.69 Å². The molecule has 0 radical (unpaired) electrons. The van der Waals surface area contributed by atoms with E-state index in [-0.39, 0.29) is 6.04 Å². The highest BCUT2D eigenvalue weighted by molar-refractivity contribution is 9.10. The van der Waals surface area contributed by atoms with Crippen LogP contribution in [0, 0.1) is 0 Å². The lowest BCUT2D eigenvalue weighted by molar-refractivity contribution is 0.332. The minimum absolute atomic E-state index is 0.0532. The fourth-order valence-electron chi connectivity index (χ4n) is 3.05. The Balaban J connectivity index is 1.71. The number of nitrogens with two attached hydrogens (primary N) is 1. The molecule has 0 amide bonds. The summed E-state index contributed by atoms with van der Waals surface area (Å²) in [6.07, 6.45) is 2.71. The Morgan fingerprint density at radius 3 is 2.89 bits per heavy atom. The Hall–Kier alpha value is -0.840. The van der Waals surface area contributed by atoms with Gasteiger partial charge in [0, 0.05) is 29.3 Å². The van der Waals surface area contributed by atoms with Gasteiger partial charge in [0.2, 0.25) is 0 Å². The molecule has 0 aromatic heterocycles. The van der Waals surface area contributed by atoms with Crippen molar-refractivity contribution in [2.24, 2.45) is 5.73 Å². The maximum Gasteiger partial charge on any atom is 0.0578 e. The van der Waals surface area contributed by atoms with Gasteiger partial charge in [0.25, 0.3) is 0 Å². The molecule has 1 aliphatic carbocycles. The maximum absolute atomic E-state index is 6.44. The van der Waals surface area contributed by atoms with E-state index in [0.29, 0.717) is 0 Å². The van der Waals surface area contributed by atoms with Gasteiger partial charge in [0.1, 0.15) is 0 Å². The summed E-state index contributed by atoms with van der Waals surface area (Å²) in [7, 11) is 0. The van der Waals surface area contributed by atoms with E-state index in [9.17, 15) is 0 Å². The van der Waals surface area contributed by atoms with Crippen LogP contribution < -0.4 is 11.1 Å². The second kappa shape index (κ2) is 3.83. The van der Waals surface area contributed by atoms with E-state index in [1.54, 1.807) is 0 Å². The van der Waals surface area contributed by atoms with Crippen molar-refractivity contribution in [3.05, 3.63) is 39.5 Å². The van der Waals surface area contributed by atoms with Crippen LogP contribution in [0.15, 0.2) is 33.9 Å². The number of hydrogen-bond acceptors (Lipinski definition) is 3. The molecule has 3 nitrogen and oxygen atoms in total. The molecule has 2 aliphatic heterocycles. The van der Waals surface area contributed by atoms with Crippen molar-refractivity contribution in [3.63, 3.8) is 0 Å². The van der Waals surface area contributed by atoms with E-state index in [2.05, 4.69) is 44.3 Å². The lowest BCUT2D eigenvalue weighted by atomic mass is 9.94. The molecule has 1 aromatic rings. The van der Waals surface area contributed by atoms with Crippen LogP contribution in [-0.2, 0) is 0 Å². The van der Waals surface area contributed by atoms with E-state index in [1.165, 1.54) is 29.7 Å². The zero-order chi connectivity index (χ0) is 12.3. The quantitative estimate of drug-likeness (QED) is 0.838. The molecule has 0 spiro atoms. The normalized spacial score (nSPS) is 26.9. The van der Waals surface area contributed by atoms with Gasteiger partial charge in [-0.05, 0) is 46.0 Å². The third kappa shape index (κ3) is 1.56. The van der Waals surface area contributed by atoms with Crippen molar-refractivity contribution in [2.45, 2.75) is 24.9 Å². The van der Waals surface area contributed by atoms with E-state index in [4.69, 9.17) is 5.73 Å². The van der Waals surface area contributed by atoms with Gasteiger partial charge in [-0.25, -0.2) is 0 Å². The largest absolute Gasteiger partial charge is 0.357 e. The number of anilines is 1. The van der Waals surface area contributed by atoms with Crippen LogP contribution >= 0.6 is 15.9 Å². The average molecular weight is 306 g/mol. The highest BCUT2D eigenvalue weighted by Crippen LogP contribution is 2.43. The third-order valence-corrected chi connectivity index (χ3v) is 4.88. The Morgan fingerprint density at radius 1 is 1.28 bits per heavy atom. The first kappa shape index (κ1) is 11.0. The molecule has 3 aliphatic rings. The standard InChI is InChI=1S/C14H16BrN3/c15-11-3-1-2-9-13(16)10-6-18(8-4-5-8)7-12(10)17-14(9)11/h1-3,8,13,17H,4-7,16H2. The number of fused-ring (bicyclic) bond motifs is 1. The van der Waals surface area contributed by atoms with Gasteiger partial charge in [-0.1, -0.05) is 12.1 Å². The highest BCUT2D eigenvalue weighted by atomic mass is 79.9. The van der Waals surface area contributed by atoms with Crippen molar-refractivity contribution in [2.75, 3.05) is 18.4 Å². The van der Waals surface area contributed by atoms with Crippen LogP contribution in [-0.4, -0.2) is 24.0 Å². The van der Waals surface area contributed by atoms with Crippen molar-refractivity contribution >= 4 is 21.6 Å². The second-order valence-electron chi connectivity index (χ2n) is 5.45. The Morgan fingerprint density at radius 2 is 2.11 bits per heavy atom. The Kier molecular flexibility index (Phi) is 2.34. The molecule has 1 unspecified atom stereocenters. The van der Waals surface area contributed by atoms with Crippen molar-refractivity contribution in [1.29, 1.82) is 0 Å². The number of benzene rings is 1. The van der Waals surface area contributed by atoms with Crippen molar-refractivity contribution in [3.8, 4) is 0 Å². The maximum atomic E-state index is 6.44. The van der Waals surface area contributed by atoms with Gasteiger partial charge in [-0.2, -0.15) is 0 Å². The molecule has 1 saturated carbocycles. The van der Waals surface area contributed by atoms with Gasteiger partial charge >= 0.3 is 0 Å². The zero-order valence-corrected chi connectivity index (χ0v) is 11.7. The zero-order valence-electron chi connectivity index (χ0n) is 10.1. The first-order valence-corrected chi connectivity index (χ1v) is 7.30. The molecule has 1 aromatic carbocycles. The molecule has 0 bridgehead atoms. The first-order valence-electron chi connectivity index (χ1n) is 6.51. The van der Waals surface area contributed by atoms with Crippen LogP contribution in [0.5, 0.6) is 0 Å². The summed E-state index contributed by atoms with van der Waals surface area (Å²) in [4.78, 5) is 2.55. The molecule has 18 heavy (non-hydrogen) atoms. The smallest absolute Gasteiger partial charge is 0.0578 e. The fourth-order valence-corrected chi connectivity index (χ4v) is 3.53. The minimum Gasteiger partial charge on any atom is -0.357 e. The Bertz CT molecular complexity index is 548. The summed E-state index contributed by atoms with van der Waals surface area (Å²) in [6, 6.07) is 7.11. The Labute approximate surface area is 115 Å². The molecule has 1 atom stereocenters. The number of rotatable bonds is 1. The molecule has 3 N–H and O–H groups in total. The van der Waals surface area contributed by atoms with Crippen molar-refractivity contribution in [1.82, 2.24) is 4.90 Å². The van der Waals surface area contributed by atoms with E-state index < -0.39 is 0 Å². The SMILES string of the molecule is NC1C2=C(CN(C3CC3)C2)Nc2c(Br)cccc21. The predicted octanol–water partition coefficient (Wildman–Crippen LogP) is 2.61. The first-order chi connectivity index (χ1) is 8.74. The summed E-state index contributed by atoms with van der Waals surface area (Å²) in [5, 5.41) is 3.58. The molecule has 4 rings (SSSR count). The van der Waals surface area contributed by atoms with Crippen LogP contribution in [0.3, 0.4) is 0 Å². The summed E-state index contributed by atoms with van der Waals surface area (Å²) >= 11 is 3.61. The lowest BCUT2D eigenvalue weighted by Crippen LogP contribution is -2.25. The number of nitrogens with one attached hydrogen (secondary N) is 1. The van der Waals surface area contributed by atoms with Gasteiger partial charge in [0.05, 0.1) is 11.7 Å². The summed E-state index contributed by atoms with van der Waals surface area (Å²) in [5.74, 6) is 0. The van der Waals surface area contributed by atoms with Crippen LogP contribution in [0.1, 0.15) is 24.4 Å². The molecule has 4 heteroatoms. The number of hydrogen-bond donors (Lipinski definition) is 2. The third-order valence-electron chi connectivity index (χ3n) is 4.22. The molecule has 94 valence electrons. The number of nitrogens with zero attached hydrogens (tertiary/aromatic N) is 1. The molecule has 0 saturated heterocycles. The van der Waals surface area contributed by atoms with Gasteiger partial charge < -0.3 is 11.1 Å². The summed E-state index contributed by atoms with van der Waals surface area (Å²) in [6.45, 7) is 2.08. The summed E-state index contributed by atoms with van der Waals surface area (Å²) in [5.41, 5.74) is 11.5. The average Bonchev–Trinajstić information content (AvgIpc) is 3.12. The lowest BCUT2D eigenvalue weighted by Gasteiger charge is -2.26. The second-order valence-corrected chi connectivity index (χ2v) is 6.30. The van der Waals surface area contributed by atoms with Crippen LogP contribution in [0.2, 0.25) is 0 Å². The van der Waals surface area contributed by atoms with E-state index in [1.807, 2.05) is 0 Å². The molecular weight excluding hydrogens is 290 g/mol. The molecule has 1 fully saturated rings. The predicted molar refractivity (Wildman–Crippen MR) is 76.3 cm³/mol. The monoisotopic (exact) mass is 305 g/mol. The van der Waals surface area contributed by atoms with Crippen molar-refractivity contribution < 1.29 is 0 Å². The molecule has 2 heterocycles. The fraction of sp³-hybridized carbons (Fsp3) is 0.429. The minimum atomic E-state index is 0.0532.